The minimum absolute atomic E-state index is 0.0822. The van der Waals surface area contributed by atoms with E-state index in [1.165, 1.54) is 0 Å². The van der Waals surface area contributed by atoms with E-state index in [1.807, 2.05) is 19.1 Å². The molecule has 0 heterocycles. The fraction of sp³-hybridized carbons (Fsp3) is 0.429. The van der Waals surface area contributed by atoms with Crippen molar-refractivity contribution in [2.75, 3.05) is 6.54 Å². The van der Waals surface area contributed by atoms with E-state index in [1.54, 1.807) is 6.08 Å². The Hall–Kier alpha value is -0.600. The molecule has 0 aromatic heterocycles. The van der Waals surface area contributed by atoms with Crippen molar-refractivity contribution in [3.63, 3.8) is 0 Å². The molecule has 0 aliphatic rings. The molecule has 0 aliphatic heterocycles. The molecule has 1 atom stereocenters. The Bertz CT molecular complexity index is 97.1. The third-order valence-corrected chi connectivity index (χ3v) is 0.961. The van der Waals surface area contributed by atoms with E-state index in [2.05, 4.69) is 11.9 Å². The zero-order valence-electron chi connectivity index (χ0n) is 5.80. The third-order valence-electron chi connectivity index (χ3n) is 0.961. The van der Waals surface area contributed by atoms with Gasteiger partial charge in [-0.15, -0.1) is 6.58 Å². The molecule has 0 fully saturated rings. The van der Waals surface area contributed by atoms with Crippen LogP contribution in [-0.4, -0.2) is 12.7 Å². The zero-order valence-corrected chi connectivity index (χ0v) is 5.80. The van der Waals surface area contributed by atoms with E-state index in [-0.39, 0.29) is 6.17 Å². The normalized spacial score (nSPS) is 14.0. The van der Waals surface area contributed by atoms with Crippen molar-refractivity contribution in [2.45, 2.75) is 13.1 Å². The van der Waals surface area contributed by atoms with Gasteiger partial charge in [-0.05, 0) is 6.92 Å². The molecule has 9 heavy (non-hydrogen) atoms. The molecule has 0 aromatic rings. The van der Waals surface area contributed by atoms with Crippen molar-refractivity contribution < 1.29 is 0 Å². The summed E-state index contributed by atoms with van der Waals surface area (Å²) >= 11 is 0. The summed E-state index contributed by atoms with van der Waals surface area (Å²) in [4.78, 5) is 0. The van der Waals surface area contributed by atoms with E-state index in [0.717, 1.165) is 6.54 Å². The Kier molecular flexibility index (Phi) is 5.17. The lowest BCUT2D eigenvalue weighted by Gasteiger charge is -2.04. The molecule has 0 saturated heterocycles. The van der Waals surface area contributed by atoms with Gasteiger partial charge in [-0.3, -0.25) is 5.32 Å². The lowest BCUT2D eigenvalue weighted by Crippen LogP contribution is -2.35. The maximum atomic E-state index is 5.45. The first kappa shape index (κ1) is 8.40. The maximum absolute atomic E-state index is 5.45. The number of rotatable bonds is 4. The first-order valence-electron chi connectivity index (χ1n) is 3.04. The van der Waals surface area contributed by atoms with Crippen molar-refractivity contribution in [1.82, 2.24) is 5.32 Å². The van der Waals surface area contributed by atoms with Crippen molar-refractivity contribution in [2.24, 2.45) is 5.73 Å². The second kappa shape index (κ2) is 5.54. The van der Waals surface area contributed by atoms with Crippen molar-refractivity contribution >= 4 is 0 Å². The molecule has 0 aliphatic carbocycles. The van der Waals surface area contributed by atoms with Gasteiger partial charge in [0, 0.05) is 6.54 Å². The highest BCUT2D eigenvalue weighted by Crippen LogP contribution is 1.72. The van der Waals surface area contributed by atoms with E-state index in [0.29, 0.717) is 0 Å². The average molecular weight is 126 g/mol. The fourth-order valence-corrected chi connectivity index (χ4v) is 0.405. The smallest absolute Gasteiger partial charge is 0.0738 e. The first-order valence-corrected chi connectivity index (χ1v) is 3.04. The van der Waals surface area contributed by atoms with Crippen LogP contribution in [0.25, 0.3) is 0 Å². The predicted octanol–water partition coefficient (Wildman–Crippen LogP) is 0.623. The monoisotopic (exact) mass is 126 g/mol. The van der Waals surface area contributed by atoms with Gasteiger partial charge < -0.3 is 5.73 Å². The molecule has 2 heteroatoms. The molecular weight excluding hydrogens is 112 g/mol. The Balaban J connectivity index is 3.16. The zero-order chi connectivity index (χ0) is 7.11. The first-order chi connectivity index (χ1) is 4.31. The van der Waals surface area contributed by atoms with E-state index in [9.17, 15) is 0 Å². The number of nitrogens with one attached hydrogen (secondary N) is 1. The van der Waals surface area contributed by atoms with Crippen LogP contribution in [0.15, 0.2) is 24.8 Å². The predicted molar refractivity (Wildman–Crippen MR) is 41.0 cm³/mol. The molecule has 52 valence electrons. The largest absolute Gasteiger partial charge is 0.313 e. The number of hydrogen-bond donors (Lipinski definition) is 2. The quantitative estimate of drug-likeness (QED) is 0.428. The summed E-state index contributed by atoms with van der Waals surface area (Å²) in [5.41, 5.74) is 5.45. The van der Waals surface area contributed by atoms with Gasteiger partial charge in [-0.25, -0.2) is 0 Å². The summed E-state index contributed by atoms with van der Waals surface area (Å²) < 4.78 is 0. The highest BCUT2D eigenvalue weighted by Gasteiger charge is 1.87. The third kappa shape index (κ3) is 5.27. The van der Waals surface area contributed by atoms with Crippen LogP contribution in [0.3, 0.4) is 0 Å². The van der Waals surface area contributed by atoms with Crippen LogP contribution in [-0.2, 0) is 0 Å². The van der Waals surface area contributed by atoms with Gasteiger partial charge in [0.25, 0.3) is 0 Å². The maximum Gasteiger partial charge on any atom is 0.0738 e. The second-order valence-corrected chi connectivity index (χ2v) is 1.74. The van der Waals surface area contributed by atoms with Crippen molar-refractivity contribution in [1.29, 1.82) is 0 Å². The van der Waals surface area contributed by atoms with E-state index >= 15 is 0 Å². The molecule has 3 N–H and O–H groups in total. The Morgan fingerprint density at radius 3 is 2.89 bits per heavy atom. The van der Waals surface area contributed by atoms with Crippen molar-refractivity contribution in [3.05, 3.63) is 24.8 Å². The molecule has 0 saturated carbocycles. The SMILES string of the molecule is C=CC(N)NCC=CC. The summed E-state index contributed by atoms with van der Waals surface area (Å²) in [6.07, 6.45) is 5.57. The second-order valence-electron chi connectivity index (χ2n) is 1.74. The molecule has 0 radical (unpaired) electrons. The topological polar surface area (TPSA) is 38.0 Å². The van der Waals surface area contributed by atoms with Crippen LogP contribution in [0.1, 0.15) is 6.92 Å². The average Bonchev–Trinajstić information content (AvgIpc) is 1.89. The van der Waals surface area contributed by atoms with Crippen LogP contribution in [0, 0.1) is 0 Å². The van der Waals surface area contributed by atoms with Crippen molar-refractivity contribution in [3.8, 4) is 0 Å². The minimum atomic E-state index is -0.0822. The molecular formula is C7H14N2. The standard InChI is InChI=1S/C7H14N2/c1-3-5-6-9-7(8)4-2/h3-5,7,9H,2,6,8H2,1H3. The number of nitrogens with two attached hydrogens (primary N) is 1. The Morgan fingerprint density at radius 1 is 1.78 bits per heavy atom. The highest BCUT2D eigenvalue weighted by molar-refractivity contribution is 4.85. The van der Waals surface area contributed by atoms with Crippen LogP contribution < -0.4 is 11.1 Å². The Morgan fingerprint density at radius 2 is 2.44 bits per heavy atom. The van der Waals surface area contributed by atoms with Gasteiger partial charge >= 0.3 is 0 Å². The van der Waals surface area contributed by atoms with E-state index < -0.39 is 0 Å². The van der Waals surface area contributed by atoms with Gasteiger partial charge in [0.1, 0.15) is 0 Å². The van der Waals surface area contributed by atoms with Crippen LogP contribution in [0.4, 0.5) is 0 Å². The highest BCUT2D eigenvalue weighted by atomic mass is 15.0. The fourth-order valence-electron chi connectivity index (χ4n) is 0.405. The minimum Gasteiger partial charge on any atom is -0.313 e. The summed E-state index contributed by atoms with van der Waals surface area (Å²) in [6.45, 7) is 6.31. The molecule has 2 nitrogen and oxygen atoms in total. The molecule has 1 unspecified atom stereocenters. The molecule has 0 spiro atoms. The number of hydrogen-bond acceptors (Lipinski definition) is 2. The molecule has 0 aromatic carbocycles. The van der Waals surface area contributed by atoms with Crippen LogP contribution >= 0.6 is 0 Å². The van der Waals surface area contributed by atoms with Crippen LogP contribution in [0.2, 0.25) is 0 Å². The number of allylic oxidation sites excluding steroid dienone is 1. The molecule has 0 rings (SSSR count). The van der Waals surface area contributed by atoms with Crippen LogP contribution in [0.5, 0.6) is 0 Å². The summed E-state index contributed by atoms with van der Waals surface area (Å²) in [5, 5.41) is 3.01. The van der Waals surface area contributed by atoms with Gasteiger partial charge in [-0.2, -0.15) is 0 Å². The van der Waals surface area contributed by atoms with Gasteiger partial charge in [0.15, 0.2) is 0 Å². The summed E-state index contributed by atoms with van der Waals surface area (Å²) in [7, 11) is 0. The lowest BCUT2D eigenvalue weighted by molar-refractivity contribution is 0.660. The molecule has 0 bridgehead atoms. The van der Waals surface area contributed by atoms with Gasteiger partial charge in [-0.1, -0.05) is 18.2 Å². The molecule has 0 amide bonds. The van der Waals surface area contributed by atoms with Gasteiger partial charge in [0.05, 0.1) is 6.17 Å². The Labute approximate surface area is 56.4 Å². The van der Waals surface area contributed by atoms with Gasteiger partial charge in [0.2, 0.25) is 0 Å². The summed E-state index contributed by atoms with van der Waals surface area (Å²) in [5.74, 6) is 0. The van der Waals surface area contributed by atoms with E-state index in [4.69, 9.17) is 5.73 Å². The lowest BCUT2D eigenvalue weighted by atomic mass is 10.4. The summed E-state index contributed by atoms with van der Waals surface area (Å²) in [6, 6.07) is 0.